The van der Waals surface area contributed by atoms with Gasteiger partial charge in [0.1, 0.15) is 5.82 Å². The Bertz CT molecular complexity index is 1100. The zero-order valence-electron chi connectivity index (χ0n) is 16.9. The van der Waals surface area contributed by atoms with Crippen molar-refractivity contribution in [2.75, 3.05) is 19.6 Å². The number of rotatable bonds is 6. The molecule has 1 fully saturated rings. The van der Waals surface area contributed by atoms with Gasteiger partial charge in [-0.2, -0.15) is 0 Å². The molecule has 0 spiro atoms. The third-order valence-electron chi connectivity index (χ3n) is 5.62. The summed E-state index contributed by atoms with van der Waals surface area (Å²) >= 11 is 1.47. The van der Waals surface area contributed by atoms with Gasteiger partial charge < -0.3 is 5.32 Å². The molecule has 1 amide bonds. The Hall–Kier alpha value is -2.58. The van der Waals surface area contributed by atoms with Crippen LogP contribution in [0.3, 0.4) is 0 Å². The van der Waals surface area contributed by atoms with Crippen LogP contribution in [0.15, 0.2) is 40.5 Å². The zero-order valence-corrected chi connectivity index (χ0v) is 17.8. The van der Waals surface area contributed by atoms with E-state index in [0.717, 1.165) is 42.3 Å². The number of aryl methyl sites for hydroxylation is 1. The molecule has 1 aliphatic heterocycles. The van der Waals surface area contributed by atoms with Gasteiger partial charge in [0, 0.05) is 36.1 Å². The minimum Gasteiger partial charge on any atom is -0.356 e. The molecule has 0 atom stereocenters. The molecule has 1 aliphatic rings. The van der Waals surface area contributed by atoms with E-state index in [2.05, 4.69) is 15.2 Å². The number of nitrogens with zero attached hydrogens (tertiary/aromatic N) is 3. The van der Waals surface area contributed by atoms with Gasteiger partial charge in [0.25, 0.3) is 5.56 Å². The molecule has 30 heavy (non-hydrogen) atoms. The van der Waals surface area contributed by atoms with Crippen molar-refractivity contribution in [1.82, 2.24) is 19.6 Å². The Kier molecular flexibility index (Phi) is 6.24. The van der Waals surface area contributed by atoms with Gasteiger partial charge in [0.05, 0.1) is 5.69 Å². The lowest BCUT2D eigenvalue weighted by atomic mass is 9.95. The van der Waals surface area contributed by atoms with Gasteiger partial charge in [-0.1, -0.05) is 18.2 Å². The van der Waals surface area contributed by atoms with Crippen LogP contribution in [0.5, 0.6) is 0 Å². The van der Waals surface area contributed by atoms with E-state index >= 15 is 0 Å². The molecule has 0 radical (unpaired) electrons. The lowest BCUT2D eigenvalue weighted by molar-refractivity contribution is -0.126. The Morgan fingerprint density at radius 3 is 2.83 bits per heavy atom. The summed E-state index contributed by atoms with van der Waals surface area (Å²) in [5.74, 6) is -0.218. The van der Waals surface area contributed by atoms with Crippen LogP contribution >= 0.6 is 11.3 Å². The number of carbonyl (C=O) groups is 1. The standard InChI is InChI=1S/C22H25FN4O2S/c1-15-14-30-22-25-18(12-20(28)27(15)22)13-26-10-7-17(8-11-26)21(29)24-9-6-16-4-2-3-5-19(16)23/h2-5,12,14,17H,6-11,13H2,1H3,(H,24,29). The highest BCUT2D eigenvalue weighted by Crippen LogP contribution is 2.19. The molecule has 4 rings (SSSR count). The second-order valence-electron chi connectivity index (χ2n) is 7.76. The van der Waals surface area contributed by atoms with Crippen molar-refractivity contribution < 1.29 is 9.18 Å². The van der Waals surface area contributed by atoms with Crippen molar-refractivity contribution in [3.63, 3.8) is 0 Å². The number of hydrogen-bond donors (Lipinski definition) is 1. The first-order valence-corrected chi connectivity index (χ1v) is 11.1. The van der Waals surface area contributed by atoms with Crippen LogP contribution in [-0.2, 0) is 17.8 Å². The van der Waals surface area contributed by atoms with Crippen LogP contribution in [0, 0.1) is 18.7 Å². The maximum Gasteiger partial charge on any atom is 0.259 e. The number of fused-ring (bicyclic) bond motifs is 1. The normalized spacial score (nSPS) is 15.5. The first-order valence-electron chi connectivity index (χ1n) is 10.2. The Morgan fingerprint density at radius 2 is 2.07 bits per heavy atom. The molecule has 0 bridgehead atoms. The number of nitrogens with one attached hydrogen (secondary N) is 1. The summed E-state index contributed by atoms with van der Waals surface area (Å²) in [5, 5.41) is 4.88. The maximum absolute atomic E-state index is 13.7. The first kappa shape index (κ1) is 20.7. The predicted molar refractivity (Wildman–Crippen MR) is 115 cm³/mol. The molecule has 158 valence electrons. The summed E-state index contributed by atoms with van der Waals surface area (Å²) in [6.45, 7) is 4.53. The Balaban J connectivity index is 1.26. The highest BCUT2D eigenvalue weighted by Gasteiger charge is 2.25. The second kappa shape index (κ2) is 9.06. The zero-order chi connectivity index (χ0) is 21.1. The fourth-order valence-electron chi connectivity index (χ4n) is 3.93. The van der Waals surface area contributed by atoms with Gasteiger partial charge in [-0.15, -0.1) is 11.3 Å². The van der Waals surface area contributed by atoms with Crippen molar-refractivity contribution in [3.8, 4) is 0 Å². The summed E-state index contributed by atoms with van der Waals surface area (Å²) in [5.41, 5.74) is 2.25. The monoisotopic (exact) mass is 428 g/mol. The number of aromatic nitrogens is 2. The second-order valence-corrected chi connectivity index (χ2v) is 8.60. The minimum atomic E-state index is -0.232. The van der Waals surface area contributed by atoms with E-state index in [0.29, 0.717) is 25.1 Å². The fraction of sp³-hybridized carbons (Fsp3) is 0.409. The SMILES string of the molecule is Cc1csc2nc(CN3CCC(C(=O)NCCc4ccccc4F)CC3)cc(=O)n12. The van der Waals surface area contributed by atoms with E-state index in [1.165, 1.54) is 17.4 Å². The van der Waals surface area contributed by atoms with Gasteiger partial charge in [-0.05, 0) is 50.9 Å². The van der Waals surface area contributed by atoms with E-state index < -0.39 is 0 Å². The van der Waals surface area contributed by atoms with E-state index in [9.17, 15) is 14.0 Å². The number of amides is 1. The van der Waals surface area contributed by atoms with Crippen LogP contribution < -0.4 is 10.9 Å². The number of carbonyl (C=O) groups excluding carboxylic acids is 1. The molecular formula is C22H25FN4O2S. The molecule has 0 unspecified atom stereocenters. The van der Waals surface area contributed by atoms with Gasteiger partial charge in [-0.25, -0.2) is 9.37 Å². The molecule has 1 saturated heterocycles. The van der Waals surface area contributed by atoms with Gasteiger partial charge >= 0.3 is 0 Å². The van der Waals surface area contributed by atoms with Crippen molar-refractivity contribution in [1.29, 1.82) is 0 Å². The lowest BCUT2D eigenvalue weighted by Crippen LogP contribution is -2.41. The highest BCUT2D eigenvalue weighted by molar-refractivity contribution is 7.15. The fourth-order valence-corrected chi connectivity index (χ4v) is 4.82. The van der Waals surface area contributed by atoms with Crippen molar-refractivity contribution in [2.45, 2.75) is 32.7 Å². The minimum absolute atomic E-state index is 0.0251. The quantitative estimate of drug-likeness (QED) is 0.656. The topological polar surface area (TPSA) is 66.7 Å². The van der Waals surface area contributed by atoms with Crippen LogP contribution in [0.2, 0.25) is 0 Å². The smallest absolute Gasteiger partial charge is 0.259 e. The van der Waals surface area contributed by atoms with E-state index in [-0.39, 0.29) is 23.2 Å². The van der Waals surface area contributed by atoms with Crippen LogP contribution in [0.1, 0.15) is 29.8 Å². The molecule has 0 aliphatic carbocycles. The predicted octanol–water partition coefficient (Wildman–Crippen LogP) is 2.77. The summed E-state index contributed by atoms with van der Waals surface area (Å²) < 4.78 is 15.3. The summed E-state index contributed by atoms with van der Waals surface area (Å²) in [6.07, 6.45) is 2.03. The summed E-state index contributed by atoms with van der Waals surface area (Å²) in [6, 6.07) is 8.25. The number of thiazole rings is 1. The highest BCUT2D eigenvalue weighted by atomic mass is 32.1. The average Bonchev–Trinajstić information content (AvgIpc) is 3.11. The summed E-state index contributed by atoms with van der Waals surface area (Å²) in [7, 11) is 0. The number of piperidine rings is 1. The average molecular weight is 429 g/mol. The molecule has 1 N–H and O–H groups in total. The van der Waals surface area contributed by atoms with Crippen molar-refractivity contribution >= 4 is 22.2 Å². The maximum atomic E-state index is 13.7. The van der Waals surface area contributed by atoms with E-state index in [1.54, 1.807) is 28.7 Å². The molecule has 1 aromatic carbocycles. The summed E-state index contributed by atoms with van der Waals surface area (Å²) in [4.78, 5) is 32.3. The molecule has 3 aromatic rings. The molecule has 3 heterocycles. The molecular weight excluding hydrogens is 403 g/mol. The Labute approximate surface area is 178 Å². The van der Waals surface area contributed by atoms with Gasteiger partial charge in [0.15, 0.2) is 4.96 Å². The Morgan fingerprint density at radius 1 is 1.30 bits per heavy atom. The number of halogens is 1. The molecule has 0 saturated carbocycles. The third-order valence-corrected chi connectivity index (χ3v) is 6.57. The number of likely N-dealkylation sites (tertiary alicyclic amines) is 1. The van der Waals surface area contributed by atoms with Crippen LogP contribution in [0.4, 0.5) is 4.39 Å². The molecule has 8 heteroatoms. The first-order chi connectivity index (χ1) is 14.5. The van der Waals surface area contributed by atoms with Crippen molar-refractivity contribution in [2.24, 2.45) is 5.92 Å². The van der Waals surface area contributed by atoms with Crippen LogP contribution in [0.25, 0.3) is 4.96 Å². The number of hydrogen-bond acceptors (Lipinski definition) is 5. The van der Waals surface area contributed by atoms with E-state index in [1.807, 2.05) is 12.3 Å². The third kappa shape index (κ3) is 4.60. The van der Waals surface area contributed by atoms with Gasteiger partial charge in [0.2, 0.25) is 5.91 Å². The number of benzene rings is 1. The largest absolute Gasteiger partial charge is 0.356 e. The van der Waals surface area contributed by atoms with Gasteiger partial charge in [-0.3, -0.25) is 18.9 Å². The van der Waals surface area contributed by atoms with E-state index in [4.69, 9.17) is 0 Å². The molecule has 6 nitrogen and oxygen atoms in total. The van der Waals surface area contributed by atoms with Crippen LogP contribution in [-0.4, -0.2) is 39.8 Å². The van der Waals surface area contributed by atoms with Crippen molar-refractivity contribution in [3.05, 3.63) is 68.8 Å². The molecule has 2 aromatic heterocycles. The lowest BCUT2D eigenvalue weighted by Gasteiger charge is -2.31.